The van der Waals surface area contributed by atoms with Gasteiger partial charge in [0.15, 0.2) is 0 Å². The van der Waals surface area contributed by atoms with Crippen LogP contribution in [0.4, 0.5) is 0 Å². The molecule has 0 radical (unpaired) electrons. The van der Waals surface area contributed by atoms with E-state index in [0.29, 0.717) is 16.8 Å². The lowest BCUT2D eigenvalue weighted by Gasteiger charge is -2.32. The highest BCUT2D eigenvalue weighted by molar-refractivity contribution is 7.99. The normalized spacial score (nSPS) is 15.1. The van der Waals surface area contributed by atoms with Gasteiger partial charge in [-0.1, -0.05) is 48.2 Å². The van der Waals surface area contributed by atoms with Crippen LogP contribution in [0.15, 0.2) is 53.0 Å². The number of hydrogen-bond donors (Lipinski definition) is 1. The monoisotopic (exact) mass is 412 g/mol. The highest BCUT2D eigenvalue weighted by atomic mass is 32.2. The number of piperidine rings is 1. The van der Waals surface area contributed by atoms with Crippen molar-refractivity contribution in [3.05, 3.63) is 64.1 Å². The number of benzene rings is 1. The molecule has 0 atom stereocenters. The molecule has 1 aliphatic heterocycles. The zero-order valence-corrected chi connectivity index (χ0v) is 17.3. The van der Waals surface area contributed by atoms with Gasteiger partial charge in [-0.2, -0.15) is 0 Å². The van der Waals surface area contributed by atoms with Gasteiger partial charge in [0.2, 0.25) is 11.1 Å². The molecule has 7 heteroatoms. The van der Waals surface area contributed by atoms with Crippen LogP contribution in [0, 0.1) is 5.92 Å². The molecule has 1 aromatic carbocycles. The fraction of sp³-hybridized carbons (Fsp3) is 0.381. The van der Waals surface area contributed by atoms with Crippen molar-refractivity contribution in [3.63, 3.8) is 0 Å². The van der Waals surface area contributed by atoms with E-state index in [4.69, 9.17) is 0 Å². The molecule has 1 N–H and O–H groups in total. The third-order valence-electron chi connectivity index (χ3n) is 5.09. The minimum atomic E-state index is 0.188. The lowest BCUT2D eigenvalue weighted by molar-refractivity contribution is -0.129. The van der Waals surface area contributed by atoms with Crippen molar-refractivity contribution in [2.75, 3.05) is 18.8 Å². The molecule has 5 nitrogen and oxygen atoms in total. The summed E-state index contributed by atoms with van der Waals surface area (Å²) in [6.45, 7) is 1.71. The molecule has 1 amide bonds. The number of carbonyl (C=O) groups is 1. The molecule has 0 saturated carbocycles. The van der Waals surface area contributed by atoms with Crippen LogP contribution in [-0.2, 0) is 17.6 Å². The molecule has 0 unspecified atom stereocenters. The van der Waals surface area contributed by atoms with Crippen molar-refractivity contribution in [1.82, 2.24) is 20.1 Å². The number of amides is 1. The summed E-state index contributed by atoms with van der Waals surface area (Å²) in [4.78, 5) is 20.3. The van der Waals surface area contributed by atoms with Crippen molar-refractivity contribution in [2.24, 2.45) is 5.92 Å². The van der Waals surface area contributed by atoms with Gasteiger partial charge in [-0.25, -0.2) is 4.98 Å². The molecule has 0 bridgehead atoms. The van der Waals surface area contributed by atoms with E-state index in [1.54, 1.807) is 11.3 Å². The Morgan fingerprint density at radius 2 is 2.00 bits per heavy atom. The number of nitrogens with one attached hydrogen (secondary N) is 1. The second-order valence-corrected chi connectivity index (χ2v) is 9.10. The Morgan fingerprint density at radius 3 is 2.75 bits per heavy atom. The zero-order chi connectivity index (χ0) is 19.2. The van der Waals surface area contributed by atoms with Gasteiger partial charge >= 0.3 is 0 Å². The number of H-pyrrole nitrogens is 1. The van der Waals surface area contributed by atoms with Crippen LogP contribution >= 0.6 is 23.1 Å². The summed E-state index contributed by atoms with van der Waals surface area (Å²) in [6, 6.07) is 14.8. The highest BCUT2D eigenvalue weighted by Crippen LogP contribution is 2.23. The Morgan fingerprint density at radius 1 is 1.18 bits per heavy atom. The molecular weight excluding hydrogens is 388 g/mol. The fourth-order valence-corrected chi connectivity index (χ4v) is 4.98. The molecule has 3 aromatic rings. The van der Waals surface area contributed by atoms with Crippen LogP contribution in [0.3, 0.4) is 0 Å². The lowest BCUT2D eigenvalue weighted by Crippen LogP contribution is -2.39. The van der Waals surface area contributed by atoms with Crippen LogP contribution in [0.1, 0.15) is 29.1 Å². The number of aromatic amines is 1. The quantitative estimate of drug-likeness (QED) is 0.595. The van der Waals surface area contributed by atoms with Crippen molar-refractivity contribution < 1.29 is 4.79 Å². The number of hydrogen-bond acceptors (Lipinski definition) is 5. The molecule has 146 valence electrons. The summed E-state index contributed by atoms with van der Waals surface area (Å²) in [5.41, 5.74) is 1.39. The largest absolute Gasteiger partial charge is 0.342 e. The second-order valence-electron chi connectivity index (χ2n) is 7.12. The number of thioether (sulfide) groups is 1. The SMILES string of the molecule is O=C(CSc1n[nH]c(Cc2cccs2)n1)N1CCC(Cc2ccccc2)CC1. The van der Waals surface area contributed by atoms with E-state index in [1.807, 2.05) is 11.0 Å². The molecule has 3 heterocycles. The van der Waals surface area contributed by atoms with E-state index in [9.17, 15) is 4.79 Å². The van der Waals surface area contributed by atoms with Crippen LogP contribution in [-0.4, -0.2) is 44.8 Å². The van der Waals surface area contributed by atoms with Crippen molar-refractivity contribution in [2.45, 2.75) is 30.8 Å². The van der Waals surface area contributed by atoms with Gasteiger partial charge in [0.1, 0.15) is 5.82 Å². The van der Waals surface area contributed by atoms with E-state index in [0.717, 1.165) is 44.6 Å². The predicted octanol–water partition coefficient (Wildman–Crippen LogP) is 4.03. The second kappa shape index (κ2) is 9.39. The van der Waals surface area contributed by atoms with Gasteiger partial charge in [-0.3, -0.25) is 9.89 Å². The van der Waals surface area contributed by atoms with Gasteiger partial charge in [0.25, 0.3) is 0 Å². The molecule has 28 heavy (non-hydrogen) atoms. The minimum Gasteiger partial charge on any atom is -0.342 e. The van der Waals surface area contributed by atoms with Crippen LogP contribution in [0.25, 0.3) is 0 Å². The first-order chi connectivity index (χ1) is 13.8. The van der Waals surface area contributed by atoms with Crippen LogP contribution in [0.5, 0.6) is 0 Å². The number of nitrogens with zero attached hydrogens (tertiary/aromatic N) is 3. The van der Waals surface area contributed by atoms with Gasteiger partial charge in [-0.15, -0.1) is 16.4 Å². The summed E-state index contributed by atoms with van der Waals surface area (Å²) in [5.74, 6) is 2.11. The van der Waals surface area contributed by atoms with E-state index in [-0.39, 0.29) is 5.91 Å². The van der Waals surface area contributed by atoms with Gasteiger partial charge in [0.05, 0.1) is 5.75 Å². The Kier molecular flexibility index (Phi) is 6.44. The summed E-state index contributed by atoms with van der Waals surface area (Å²) < 4.78 is 0. The average Bonchev–Trinajstić information content (AvgIpc) is 3.40. The summed E-state index contributed by atoms with van der Waals surface area (Å²) in [6.07, 6.45) is 4.03. The lowest BCUT2D eigenvalue weighted by atomic mass is 9.90. The molecule has 1 aliphatic rings. The Hall–Kier alpha value is -2.12. The van der Waals surface area contributed by atoms with Gasteiger partial charge in [-0.05, 0) is 42.2 Å². The van der Waals surface area contributed by atoms with Crippen LogP contribution in [0.2, 0.25) is 0 Å². The van der Waals surface area contributed by atoms with E-state index in [2.05, 4.69) is 57.0 Å². The Balaban J connectivity index is 1.20. The van der Waals surface area contributed by atoms with Crippen molar-refractivity contribution in [3.8, 4) is 0 Å². The first-order valence-corrected chi connectivity index (χ1v) is 11.5. The molecule has 2 aromatic heterocycles. The Labute approximate surface area is 173 Å². The summed E-state index contributed by atoms with van der Waals surface area (Å²) in [5, 5.41) is 9.92. The fourth-order valence-electron chi connectivity index (χ4n) is 3.55. The predicted molar refractivity (Wildman–Crippen MR) is 114 cm³/mol. The first kappa shape index (κ1) is 19.2. The summed E-state index contributed by atoms with van der Waals surface area (Å²) in [7, 11) is 0. The summed E-state index contributed by atoms with van der Waals surface area (Å²) >= 11 is 3.13. The third kappa shape index (κ3) is 5.23. The van der Waals surface area contributed by atoms with Crippen molar-refractivity contribution >= 4 is 29.0 Å². The maximum absolute atomic E-state index is 12.5. The number of likely N-dealkylation sites (tertiary alicyclic amines) is 1. The number of thiophene rings is 1. The number of rotatable bonds is 7. The third-order valence-corrected chi connectivity index (χ3v) is 6.80. The van der Waals surface area contributed by atoms with Gasteiger partial charge < -0.3 is 4.90 Å². The smallest absolute Gasteiger partial charge is 0.233 e. The van der Waals surface area contributed by atoms with E-state index < -0.39 is 0 Å². The molecule has 0 spiro atoms. The van der Waals surface area contributed by atoms with Crippen molar-refractivity contribution in [1.29, 1.82) is 0 Å². The average molecular weight is 413 g/mol. The maximum atomic E-state index is 12.5. The van der Waals surface area contributed by atoms with E-state index >= 15 is 0 Å². The maximum Gasteiger partial charge on any atom is 0.233 e. The Bertz CT molecular complexity index is 871. The molecule has 1 fully saturated rings. The molecular formula is C21H24N4OS2. The number of aromatic nitrogens is 3. The molecule has 1 saturated heterocycles. The van der Waals surface area contributed by atoms with E-state index in [1.165, 1.54) is 22.2 Å². The topological polar surface area (TPSA) is 61.9 Å². The molecule has 0 aliphatic carbocycles. The van der Waals surface area contributed by atoms with Gasteiger partial charge in [0, 0.05) is 24.4 Å². The first-order valence-electron chi connectivity index (χ1n) is 9.64. The van der Waals surface area contributed by atoms with Crippen LogP contribution < -0.4 is 0 Å². The highest BCUT2D eigenvalue weighted by Gasteiger charge is 2.23. The number of carbonyl (C=O) groups excluding carboxylic acids is 1. The zero-order valence-electron chi connectivity index (χ0n) is 15.7. The molecule has 4 rings (SSSR count). The standard InChI is InChI=1S/C21H24N4OS2/c26-20(15-28-21-22-19(23-24-21)14-18-7-4-12-27-18)25-10-8-17(9-11-25)13-16-5-2-1-3-6-16/h1-7,12,17H,8-11,13-15H2,(H,22,23,24). The minimum absolute atomic E-state index is 0.188.